The van der Waals surface area contributed by atoms with Gasteiger partial charge in [0.25, 0.3) is 5.56 Å². The number of aryl methyl sites for hydroxylation is 1. The molecule has 0 aromatic carbocycles. The van der Waals surface area contributed by atoms with Crippen molar-refractivity contribution < 1.29 is 4.74 Å². The summed E-state index contributed by atoms with van der Waals surface area (Å²) < 4.78 is 9.17. The number of rotatable bonds is 5. The van der Waals surface area contributed by atoms with E-state index < -0.39 is 0 Å². The second-order valence-electron chi connectivity index (χ2n) is 8.32. The van der Waals surface area contributed by atoms with E-state index in [1.54, 1.807) is 6.20 Å². The molecule has 0 amide bonds. The molecule has 0 radical (unpaired) electrons. The zero-order chi connectivity index (χ0) is 22.1. The third kappa shape index (κ3) is 3.93. The van der Waals surface area contributed by atoms with Gasteiger partial charge in [-0.1, -0.05) is 24.6 Å². The summed E-state index contributed by atoms with van der Waals surface area (Å²) in [6.07, 6.45) is 9.67. The minimum absolute atomic E-state index is 0.202. The molecule has 168 valence electrons. The van der Waals surface area contributed by atoms with Crippen molar-refractivity contribution in [1.29, 1.82) is 0 Å². The van der Waals surface area contributed by atoms with E-state index in [2.05, 4.69) is 37.8 Å². The van der Waals surface area contributed by atoms with Crippen LogP contribution in [0.3, 0.4) is 0 Å². The van der Waals surface area contributed by atoms with E-state index in [-0.39, 0.29) is 16.8 Å². The quantitative estimate of drug-likeness (QED) is 0.588. The van der Waals surface area contributed by atoms with E-state index in [4.69, 9.17) is 16.3 Å². The lowest BCUT2D eigenvalue weighted by Gasteiger charge is -2.30. The minimum atomic E-state index is -0.325. The van der Waals surface area contributed by atoms with Gasteiger partial charge in [0.1, 0.15) is 5.02 Å². The maximum absolute atomic E-state index is 12.9. The monoisotopic (exact) mass is 454 g/mol. The summed E-state index contributed by atoms with van der Waals surface area (Å²) in [5, 5.41) is 9.24. The average Bonchev–Trinajstić information content (AvgIpc) is 3.23. The highest BCUT2D eigenvalue weighted by Crippen LogP contribution is 2.29. The Morgan fingerprint density at radius 1 is 1.25 bits per heavy atom. The molecule has 2 aliphatic rings. The minimum Gasteiger partial charge on any atom is -0.364 e. The molecule has 0 N–H and O–H groups in total. The van der Waals surface area contributed by atoms with Crippen LogP contribution >= 0.6 is 11.6 Å². The Morgan fingerprint density at radius 2 is 2.16 bits per heavy atom. The molecule has 3 aromatic rings. The highest BCUT2D eigenvalue weighted by molar-refractivity contribution is 6.33. The number of ether oxygens (including phenoxy) is 1. The molecular weight excluding hydrogens is 428 g/mol. The van der Waals surface area contributed by atoms with Crippen molar-refractivity contribution in [3.8, 4) is 0 Å². The van der Waals surface area contributed by atoms with Crippen molar-refractivity contribution in [3.63, 3.8) is 0 Å². The number of nitrogens with zero attached hydrogens (tertiary/aromatic N) is 6. The summed E-state index contributed by atoms with van der Waals surface area (Å²) in [6, 6.07) is 4.09. The summed E-state index contributed by atoms with van der Waals surface area (Å²) in [5.74, 6) is 0. The lowest BCUT2D eigenvalue weighted by Crippen LogP contribution is -2.35. The zero-order valence-electron chi connectivity index (χ0n) is 18.2. The van der Waals surface area contributed by atoms with Crippen molar-refractivity contribution in [3.05, 3.63) is 68.6 Å². The maximum atomic E-state index is 12.9. The second-order valence-corrected chi connectivity index (χ2v) is 8.70. The van der Waals surface area contributed by atoms with E-state index in [1.165, 1.54) is 15.9 Å². The Hall–Kier alpha value is -2.71. The zero-order valence-corrected chi connectivity index (χ0v) is 19.0. The topological polar surface area (TPSA) is 78.1 Å². The molecule has 2 aliphatic heterocycles. The molecule has 0 bridgehead atoms. The van der Waals surface area contributed by atoms with Gasteiger partial charge in [0, 0.05) is 49.3 Å². The summed E-state index contributed by atoms with van der Waals surface area (Å²) in [4.78, 5) is 19.5. The standard InChI is InChI=1S/C23H27ClN6O2/c1-2-18-16(6-5-9-25-18)15-29-19-8-10-28(14-17(19)12-26-29)20-13-27-30(23(31)22(20)24)21-7-3-4-11-32-21/h5-6,9,12-13,21H,2-4,7-8,10-11,14-15H2,1H3. The van der Waals surface area contributed by atoms with Crippen LogP contribution in [0, 0.1) is 0 Å². The Kier molecular flexibility index (Phi) is 5.97. The van der Waals surface area contributed by atoms with Gasteiger partial charge in [-0.05, 0) is 37.3 Å². The van der Waals surface area contributed by atoms with Crippen molar-refractivity contribution in [2.24, 2.45) is 0 Å². The summed E-state index contributed by atoms with van der Waals surface area (Å²) >= 11 is 6.53. The van der Waals surface area contributed by atoms with Gasteiger partial charge in [-0.3, -0.25) is 14.5 Å². The van der Waals surface area contributed by atoms with Crippen LogP contribution in [-0.4, -0.2) is 37.7 Å². The highest BCUT2D eigenvalue weighted by atomic mass is 35.5. The predicted octanol–water partition coefficient (Wildman–Crippen LogP) is 3.36. The number of aromatic nitrogens is 5. The van der Waals surface area contributed by atoms with Crippen LogP contribution in [0.25, 0.3) is 0 Å². The molecule has 5 heterocycles. The Morgan fingerprint density at radius 3 is 2.97 bits per heavy atom. The first kappa shape index (κ1) is 21.2. The Labute approximate surface area is 191 Å². The third-order valence-electron chi connectivity index (χ3n) is 6.35. The molecule has 1 saturated heterocycles. The first-order valence-corrected chi connectivity index (χ1v) is 11.6. The van der Waals surface area contributed by atoms with Gasteiger partial charge in [0.15, 0.2) is 6.23 Å². The molecule has 9 heteroatoms. The smallest absolute Gasteiger partial charge is 0.290 e. The molecule has 8 nitrogen and oxygen atoms in total. The van der Waals surface area contributed by atoms with E-state index in [0.29, 0.717) is 25.4 Å². The number of halogens is 1. The lowest BCUT2D eigenvalue weighted by molar-refractivity contribution is -0.0424. The van der Waals surface area contributed by atoms with Crippen molar-refractivity contribution in [2.75, 3.05) is 18.1 Å². The Balaban J connectivity index is 1.36. The van der Waals surface area contributed by atoms with Gasteiger partial charge in [0.2, 0.25) is 0 Å². The van der Waals surface area contributed by atoms with Crippen LogP contribution < -0.4 is 10.5 Å². The van der Waals surface area contributed by atoms with E-state index in [9.17, 15) is 4.79 Å². The fourth-order valence-electron chi connectivity index (χ4n) is 4.61. The summed E-state index contributed by atoms with van der Waals surface area (Å²) in [7, 11) is 0. The molecule has 5 rings (SSSR count). The number of anilines is 1. The molecule has 0 aliphatic carbocycles. The predicted molar refractivity (Wildman–Crippen MR) is 122 cm³/mol. The first-order valence-electron chi connectivity index (χ1n) is 11.3. The largest absolute Gasteiger partial charge is 0.364 e. The molecule has 0 saturated carbocycles. The molecule has 32 heavy (non-hydrogen) atoms. The van der Waals surface area contributed by atoms with Gasteiger partial charge in [-0.15, -0.1) is 0 Å². The maximum Gasteiger partial charge on any atom is 0.290 e. The van der Waals surface area contributed by atoms with Crippen LogP contribution in [0.5, 0.6) is 0 Å². The van der Waals surface area contributed by atoms with Crippen LogP contribution in [0.2, 0.25) is 5.02 Å². The SMILES string of the molecule is CCc1ncccc1Cn1ncc2c1CCN(c1cnn(C3CCCCO3)c(=O)c1Cl)C2. The molecule has 1 atom stereocenters. The van der Waals surface area contributed by atoms with Crippen LogP contribution in [0.4, 0.5) is 5.69 Å². The number of hydrogen-bond acceptors (Lipinski definition) is 6. The van der Waals surface area contributed by atoms with Crippen molar-refractivity contribution >= 4 is 17.3 Å². The highest BCUT2D eigenvalue weighted by Gasteiger charge is 2.26. The fourth-order valence-corrected chi connectivity index (χ4v) is 4.87. The average molecular weight is 455 g/mol. The number of pyridine rings is 1. The van der Waals surface area contributed by atoms with Crippen LogP contribution in [-0.2, 0) is 30.7 Å². The van der Waals surface area contributed by atoms with Gasteiger partial charge in [-0.2, -0.15) is 14.9 Å². The van der Waals surface area contributed by atoms with Crippen LogP contribution in [0.15, 0.2) is 35.5 Å². The summed E-state index contributed by atoms with van der Waals surface area (Å²) in [5.41, 5.74) is 5.05. The first-order chi connectivity index (χ1) is 15.7. The van der Waals surface area contributed by atoms with Crippen molar-refractivity contribution in [2.45, 2.75) is 58.3 Å². The number of hydrogen-bond donors (Lipinski definition) is 0. The summed E-state index contributed by atoms with van der Waals surface area (Å²) in [6.45, 7) is 4.88. The molecule has 3 aromatic heterocycles. The molecule has 0 spiro atoms. The fraction of sp³-hybridized carbons (Fsp3) is 0.478. The van der Waals surface area contributed by atoms with Gasteiger partial charge < -0.3 is 9.64 Å². The molecular formula is C23H27ClN6O2. The van der Waals surface area contributed by atoms with Crippen molar-refractivity contribution in [1.82, 2.24) is 24.5 Å². The third-order valence-corrected chi connectivity index (χ3v) is 6.70. The van der Waals surface area contributed by atoms with Gasteiger partial charge in [0.05, 0.1) is 24.6 Å². The van der Waals surface area contributed by atoms with Crippen LogP contribution in [0.1, 0.15) is 54.9 Å². The Bertz CT molecular complexity index is 1170. The van der Waals surface area contributed by atoms with E-state index >= 15 is 0 Å². The van der Waals surface area contributed by atoms with Gasteiger partial charge >= 0.3 is 0 Å². The molecule has 1 unspecified atom stereocenters. The normalized spacial score (nSPS) is 18.6. The lowest BCUT2D eigenvalue weighted by atomic mass is 10.1. The number of fused-ring (bicyclic) bond motifs is 1. The molecule has 1 fully saturated rings. The second kappa shape index (κ2) is 9.03. The van der Waals surface area contributed by atoms with E-state index in [0.717, 1.165) is 49.9 Å². The van der Waals surface area contributed by atoms with E-state index in [1.807, 2.05) is 18.5 Å². The van der Waals surface area contributed by atoms with Gasteiger partial charge in [-0.25, -0.2) is 0 Å².